The van der Waals surface area contributed by atoms with Gasteiger partial charge in [-0.05, 0) is 43.4 Å². The van der Waals surface area contributed by atoms with Crippen LogP contribution in [0.4, 0.5) is 0 Å². The van der Waals surface area contributed by atoms with Crippen LogP contribution in [0, 0.1) is 5.92 Å². The number of fused-ring (bicyclic) bond motifs is 1. The first kappa shape index (κ1) is 11.7. The summed E-state index contributed by atoms with van der Waals surface area (Å²) in [6, 6.07) is -0.311. The third-order valence-electron chi connectivity index (χ3n) is 4.19. The minimum atomic E-state index is -0.311. The second-order valence-corrected chi connectivity index (χ2v) is 5.49. The van der Waals surface area contributed by atoms with E-state index in [0.29, 0.717) is 0 Å². The fourth-order valence-corrected chi connectivity index (χ4v) is 3.45. The lowest BCUT2D eigenvalue weighted by atomic mass is 9.79. The highest BCUT2D eigenvalue weighted by molar-refractivity contribution is 6.09. The number of ketones is 2. The quantitative estimate of drug-likeness (QED) is 0.699. The predicted octanol–water partition coefficient (Wildman–Crippen LogP) is 1.30. The summed E-state index contributed by atoms with van der Waals surface area (Å²) >= 11 is 0. The maximum absolute atomic E-state index is 12.1. The molecule has 3 rings (SSSR count). The Kier molecular flexibility index (Phi) is 2.63. The Bertz CT molecular complexity index is 476. The molecule has 2 aliphatic carbocycles. The van der Waals surface area contributed by atoms with Gasteiger partial charge in [0.2, 0.25) is 0 Å². The highest BCUT2D eigenvalue weighted by Crippen LogP contribution is 2.42. The molecule has 0 N–H and O–H groups in total. The Morgan fingerprint density at radius 2 is 1.89 bits per heavy atom. The molecule has 4 nitrogen and oxygen atoms in total. The van der Waals surface area contributed by atoms with Gasteiger partial charge in [0.25, 0.3) is 0 Å². The minimum Gasteiger partial charge on any atom is -0.299 e. The molecule has 1 aliphatic heterocycles. The lowest BCUT2D eigenvalue weighted by Gasteiger charge is -2.45. The molecule has 0 bridgehead atoms. The van der Waals surface area contributed by atoms with Gasteiger partial charge in [0, 0.05) is 19.8 Å². The summed E-state index contributed by atoms with van der Waals surface area (Å²) in [6.45, 7) is 0. The van der Waals surface area contributed by atoms with Gasteiger partial charge < -0.3 is 0 Å². The van der Waals surface area contributed by atoms with Crippen molar-refractivity contribution in [3.8, 4) is 0 Å². The largest absolute Gasteiger partial charge is 0.299 e. The number of nitrogens with zero attached hydrogens (tertiary/aromatic N) is 2. The molecule has 2 atom stereocenters. The normalized spacial score (nSPS) is 31.2. The number of carbonyl (C=O) groups excluding carboxylic acids is 2. The van der Waals surface area contributed by atoms with Crippen LogP contribution in [0.3, 0.4) is 0 Å². The number of carbonyl (C=O) groups is 2. The zero-order valence-electron chi connectivity index (χ0n) is 10.8. The molecular weight excluding hydrogens is 228 g/mol. The zero-order chi connectivity index (χ0) is 12.9. The Balaban J connectivity index is 2.07. The Morgan fingerprint density at radius 3 is 2.61 bits per heavy atom. The van der Waals surface area contributed by atoms with Crippen LogP contribution in [-0.4, -0.2) is 41.7 Å². The number of hydrogen-bond acceptors (Lipinski definition) is 4. The number of hydrazine groups is 1. The van der Waals surface area contributed by atoms with Crippen molar-refractivity contribution in [2.75, 3.05) is 14.1 Å². The van der Waals surface area contributed by atoms with Crippen molar-refractivity contribution >= 4 is 11.6 Å². The first-order chi connectivity index (χ1) is 8.59. The molecule has 3 aliphatic rings. The highest BCUT2D eigenvalue weighted by atomic mass is 16.1. The van der Waals surface area contributed by atoms with Gasteiger partial charge >= 0.3 is 0 Å². The van der Waals surface area contributed by atoms with E-state index in [-0.39, 0.29) is 23.5 Å². The van der Waals surface area contributed by atoms with Gasteiger partial charge in [0.15, 0.2) is 11.6 Å². The van der Waals surface area contributed by atoms with Crippen molar-refractivity contribution in [1.82, 2.24) is 10.0 Å². The van der Waals surface area contributed by atoms with E-state index in [9.17, 15) is 9.59 Å². The van der Waals surface area contributed by atoms with Gasteiger partial charge in [-0.2, -0.15) is 0 Å². The highest BCUT2D eigenvalue weighted by Gasteiger charge is 2.45. The fourth-order valence-electron chi connectivity index (χ4n) is 3.45. The van der Waals surface area contributed by atoms with Crippen LogP contribution in [0.5, 0.6) is 0 Å². The zero-order valence-corrected chi connectivity index (χ0v) is 10.8. The summed E-state index contributed by atoms with van der Waals surface area (Å²) in [5, 5.41) is 4.02. The summed E-state index contributed by atoms with van der Waals surface area (Å²) in [6.07, 6.45) is 6.93. The SMILES string of the molecule is CN(C)N1C2=C(CCC2)CC2C(=O)C=CC(=O)C21. The molecule has 0 saturated carbocycles. The van der Waals surface area contributed by atoms with Crippen LogP contribution in [-0.2, 0) is 9.59 Å². The summed E-state index contributed by atoms with van der Waals surface area (Å²) in [5.41, 5.74) is 2.65. The van der Waals surface area contributed by atoms with Crippen LogP contribution in [0.15, 0.2) is 23.4 Å². The Hall–Kier alpha value is -1.42. The van der Waals surface area contributed by atoms with Gasteiger partial charge in [0.05, 0.1) is 5.92 Å². The van der Waals surface area contributed by atoms with Crippen LogP contribution in [0.2, 0.25) is 0 Å². The number of rotatable bonds is 1. The van der Waals surface area contributed by atoms with E-state index in [2.05, 4.69) is 5.01 Å². The molecule has 4 heteroatoms. The summed E-state index contributed by atoms with van der Waals surface area (Å²) < 4.78 is 0. The smallest absolute Gasteiger partial charge is 0.180 e. The summed E-state index contributed by atoms with van der Waals surface area (Å²) in [7, 11) is 3.89. The Morgan fingerprint density at radius 1 is 1.17 bits per heavy atom. The first-order valence-corrected chi connectivity index (χ1v) is 6.52. The molecule has 0 saturated heterocycles. The molecule has 0 aromatic carbocycles. The third-order valence-corrected chi connectivity index (χ3v) is 4.19. The van der Waals surface area contributed by atoms with Crippen LogP contribution in [0.25, 0.3) is 0 Å². The van der Waals surface area contributed by atoms with Crippen molar-refractivity contribution in [2.24, 2.45) is 5.92 Å². The topological polar surface area (TPSA) is 40.6 Å². The van der Waals surface area contributed by atoms with Crippen LogP contribution >= 0.6 is 0 Å². The van der Waals surface area contributed by atoms with Crippen molar-refractivity contribution < 1.29 is 9.59 Å². The average Bonchev–Trinajstić information content (AvgIpc) is 2.79. The van der Waals surface area contributed by atoms with Crippen molar-refractivity contribution in [3.63, 3.8) is 0 Å². The monoisotopic (exact) mass is 246 g/mol. The third kappa shape index (κ3) is 1.56. The lowest BCUT2D eigenvalue weighted by Crippen LogP contribution is -2.56. The van der Waals surface area contributed by atoms with Gasteiger partial charge in [-0.25, -0.2) is 5.01 Å². The standard InChI is InChI=1S/C14H18N2O2/c1-15(2)16-11-5-3-4-9(11)8-10-12(17)6-7-13(18)14(10)16/h6-7,10,14H,3-5,8H2,1-2H3. The van der Waals surface area contributed by atoms with Crippen molar-refractivity contribution in [1.29, 1.82) is 0 Å². The molecule has 0 aromatic heterocycles. The maximum atomic E-state index is 12.1. The molecule has 0 amide bonds. The van der Waals surface area contributed by atoms with Gasteiger partial charge in [0.1, 0.15) is 6.04 Å². The second kappa shape index (κ2) is 4.05. The minimum absolute atomic E-state index is 0.0618. The van der Waals surface area contributed by atoms with E-state index in [1.807, 2.05) is 19.1 Å². The number of hydrogen-bond donors (Lipinski definition) is 0. The van der Waals surface area contributed by atoms with E-state index < -0.39 is 0 Å². The molecule has 2 unspecified atom stereocenters. The maximum Gasteiger partial charge on any atom is 0.180 e. The van der Waals surface area contributed by atoms with E-state index >= 15 is 0 Å². The fraction of sp³-hybridized carbons (Fsp3) is 0.571. The summed E-state index contributed by atoms with van der Waals surface area (Å²) in [5.74, 6) is -0.0154. The molecule has 0 fully saturated rings. The lowest BCUT2D eigenvalue weighted by molar-refractivity contribution is -0.137. The van der Waals surface area contributed by atoms with Crippen LogP contribution in [0.1, 0.15) is 25.7 Å². The molecular formula is C14H18N2O2. The van der Waals surface area contributed by atoms with Gasteiger partial charge in [-0.1, -0.05) is 0 Å². The molecule has 0 aromatic rings. The Labute approximate surface area is 107 Å². The second-order valence-electron chi connectivity index (χ2n) is 5.49. The number of allylic oxidation sites excluding steroid dienone is 3. The van der Waals surface area contributed by atoms with Crippen molar-refractivity contribution in [2.45, 2.75) is 31.7 Å². The van der Waals surface area contributed by atoms with E-state index in [1.54, 1.807) is 0 Å². The molecule has 18 heavy (non-hydrogen) atoms. The first-order valence-electron chi connectivity index (χ1n) is 6.52. The van der Waals surface area contributed by atoms with E-state index in [1.165, 1.54) is 23.4 Å². The molecule has 0 radical (unpaired) electrons. The van der Waals surface area contributed by atoms with Gasteiger partial charge in [-0.3, -0.25) is 14.6 Å². The van der Waals surface area contributed by atoms with Crippen LogP contribution < -0.4 is 0 Å². The van der Waals surface area contributed by atoms with Crippen molar-refractivity contribution in [3.05, 3.63) is 23.4 Å². The average molecular weight is 246 g/mol. The van der Waals surface area contributed by atoms with E-state index in [0.717, 1.165) is 25.7 Å². The molecule has 1 heterocycles. The summed E-state index contributed by atoms with van der Waals surface area (Å²) in [4.78, 5) is 24.2. The van der Waals surface area contributed by atoms with Gasteiger partial charge in [-0.15, -0.1) is 0 Å². The molecule has 0 spiro atoms. The molecule has 96 valence electrons. The predicted molar refractivity (Wildman–Crippen MR) is 67.5 cm³/mol. The van der Waals surface area contributed by atoms with E-state index in [4.69, 9.17) is 0 Å².